The highest BCUT2D eigenvalue weighted by atomic mass is 35.5. The molecule has 3 rings (SSSR count). The summed E-state index contributed by atoms with van der Waals surface area (Å²) in [7, 11) is 0. The first-order chi connectivity index (χ1) is 9.79. The van der Waals surface area contributed by atoms with Gasteiger partial charge in [-0.15, -0.1) is 0 Å². The fraction of sp³-hybridized carbons (Fsp3) is 0.222. The molecule has 0 aliphatic heterocycles. The first kappa shape index (κ1) is 13.4. The van der Waals surface area contributed by atoms with Crippen molar-refractivity contribution in [2.75, 3.05) is 13.2 Å². The summed E-state index contributed by atoms with van der Waals surface area (Å²) in [6, 6.07) is 16.6. The van der Waals surface area contributed by atoms with Gasteiger partial charge >= 0.3 is 0 Å². The summed E-state index contributed by atoms with van der Waals surface area (Å²) in [5.41, 5.74) is 6.46. The van der Waals surface area contributed by atoms with Gasteiger partial charge in [0.05, 0.1) is 6.61 Å². The average Bonchev–Trinajstić information content (AvgIpc) is 2.83. The van der Waals surface area contributed by atoms with E-state index >= 15 is 0 Å². The molecule has 1 nitrogen and oxygen atoms in total. The van der Waals surface area contributed by atoms with Crippen LogP contribution in [-0.2, 0) is 11.2 Å². The average molecular weight is 285 g/mol. The van der Waals surface area contributed by atoms with Crippen LogP contribution in [0.4, 0.5) is 0 Å². The third kappa shape index (κ3) is 2.52. The van der Waals surface area contributed by atoms with Crippen LogP contribution in [0.1, 0.15) is 23.6 Å². The zero-order chi connectivity index (χ0) is 13.9. The molecule has 20 heavy (non-hydrogen) atoms. The summed E-state index contributed by atoms with van der Waals surface area (Å²) in [6.45, 7) is 3.46. The summed E-state index contributed by atoms with van der Waals surface area (Å²) >= 11 is 6.17. The molecule has 0 saturated heterocycles. The van der Waals surface area contributed by atoms with Crippen molar-refractivity contribution in [3.8, 4) is 0 Å². The minimum absolute atomic E-state index is 0.688. The molecule has 0 unspecified atom stereocenters. The Labute approximate surface area is 124 Å². The van der Waals surface area contributed by atoms with Crippen LogP contribution in [0.25, 0.3) is 5.57 Å². The SMILES string of the molecule is CCOCC1=C(c2ccccc2)c2cc(Cl)ccc2C1. The molecule has 2 heteroatoms. The molecule has 1 aliphatic rings. The van der Waals surface area contributed by atoms with Gasteiger partial charge in [0.1, 0.15) is 0 Å². The molecule has 0 heterocycles. The zero-order valence-corrected chi connectivity index (χ0v) is 12.3. The van der Waals surface area contributed by atoms with Crippen molar-refractivity contribution in [3.05, 3.63) is 75.8 Å². The van der Waals surface area contributed by atoms with Crippen molar-refractivity contribution in [2.45, 2.75) is 13.3 Å². The van der Waals surface area contributed by atoms with E-state index in [0.29, 0.717) is 6.61 Å². The molecule has 2 aromatic rings. The molecule has 0 aromatic heterocycles. The van der Waals surface area contributed by atoms with Gasteiger partial charge in [-0.2, -0.15) is 0 Å². The van der Waals surface area contributed by atoms with Gasteiger partial charge in [0, 0.05) is 11.6 Å². The van der Waals surface area contributed by atoms with Gasteiger partial charge in [0.25, 0.3) is 0 Å². The number of hydrogen-bond acceptors (Lipinski definition) is 1. The second kappa shape index (κ2) is 5.82. The van der Waals surface area contributed by atoms with Crippen LogP contribution in [-0.4, -0.2) is 13.2 Å². The van der Waals surface area contributed by atoms with Crippen LogP contribution < -0.4 is 0 Å². The van der Waals surface area contributed by atoms with Crippen molar-refractivity contribution in [3.63, 3.8) is 0 Å². The van der Waals surface area contributed by atoms with Crippen LogP contribution >= 0.6 is 11.6 Å². The van der Waals surface area contributed by atoms with E-state index in [1.165, 1.54) is 27.8 Å². The minimum atomic E-state index is 0.688. The summed E-state index contributed by atoms with van der Waals surface area (Å²) in [5, 5.41) is 0.787. The molecular weight excluding hydrogens is 268 g/mol. The van der Waals surface area contributed by atoms with Crippen LogP contribution in [0.15, 0.2) is 54.1 Å². The summed E-state index contributed by atoms with van der Waals surface area (Å²) in [6.07, 6.45) is 0.955. The van der Waals surface area contributed by atoms with Crippen molar-refractivity contribution >= 4 is 17.2 Å². The van der Waals surface area contributed by atoms with E-state index in [2.05, 4.69) is 36.4 Å². The van der Waals surface area contributed by atoms with Crippen LogP contribution in [0.5, 0.6) is 0 Å². The number of rotatable bonds is 4. The lowest BCUT2D eigenvalue weighted by Gasteiger charge is -2.09. The van der Waals surface area contributed by atoms with Gasteiger partial charge in [-0.1, -0.05) is 48.0 Å². The molecule has 0 bridgehead atoms. The largest absolute Gasteiger partial charge is 0.377 e. The Bertz CT molecular complexity index is 644. The Morgan fingerprint density at radius 1 is 1.10 bits per heavy atom. The Morgan fingerprint density at radius 3 is 2.65 bits per heavy atom. The van der Waals surface area contributed by atoms with Crippen LogP contribution in [0, 0.1) is 0 Å². The van der Waals surface area contributed by atoms with Gasteiger partial charge in [0.15, 0.2) is 0 Å². The molecule has 1 aliphatic carbocycles. The van der Waals surface area contributed by atoms with Crippen molar-refractivity contribution in [1.82, 2.24) is 0 Å². The topological polar surface area (TPSA) is 9.23 Å². The highest BCUT2D eigenvalue weighted by Crippen LogP contribution is 2.38. The highest BCUT2D eigenvalue weighted by molar-refractivity contribution is 6.30. The summed E-state index contributed by atoms with van der Waals surface area (Å²) in [5.74, 6) is 0. The maximum atomic E-state index is 6.17. The second-order valence-corrected chi connectivity index (χ2v) is 5.40. The number of fused-ring (bicyclic) bond motifs is 1. The second-order valence-electron chi connectivity index (χ2n) is 4.96. The molecule has 0 atom stereocenters. The summed E-state index contributed by atoms with van der Waals surface area (Å²) in [4.78, 5) is 0. The molecule has 0 radical (unpaired) electrons. The quantitative estimate of drug-likeness (QED) is 0.788. The minimum Gasteiger partial charge on any atom is -0.377 e. The lowest BCUT2D eigenvalue weighted by molar-refractivity contribution is 0.170. The molecule has 0 saturated carbocycles. The van der Waals surface area contributed by atoms with Gasteiger partial charge < -0.3 is 4.74 Å². The first-order valence-corrected chi connectivity index (χ1v) is 7.31. The highest BCUT2D eigenvalue weighted by Gasteiger charge is 2.22. The predicted octanol–water partition coefficient (Wildman–Crippen LogP) is 4.73. The molecule has 0 amide bonds. The standard InChI is InChI=1S/C18H17ClO/c1-2-20-12-15-10-14-8-9-16(19)11-17(14)18(15)13-6-4-3-5-7-13/h3-9,11H,2,10,12H2,1H3. The van der Waals surface area contributed by atoms with E-state index in [4.69, 9.17) is 16.3 Å². The molecular formula is C18H17ClO. The number of ether oxygens (including phenoxy) is 1. The van der Waals surface area contributed by atoms with E-state index in [9.17, 15) is 0 Å². The molecule has 102 valence electrons. The van der Waals surface area contributed by atoms with E-state index in [1.807, 2.05) is 19.1 Å². The van der Waals surface area contributed by atoms with Gasteiger partial charge in [-0.3, -0.25) is 0 Å². The zero-order valence-electron chi connectivity index (χ0n) is 11.5. The fourth-order valence-electron chi connectivity index (χ4n) is 2.76. The predicted molar refractivity (Wildman–Crippen MR) is 84.1 cm³/mol. The van der Waals surface area contributed by atoms with Crippen molar-refractivity contribution in [2.24, 2.45) is 0 Å². The van der Waals surface area contributed by atoms with E-state index in [1.54, 1.807) is 0 Å². The third-order valence-corrected chi connectivity index (χ3v) is 3.88. The molecule has 0 spiro atoms. The number of hydrogen-bond donors (Lipinski definition) is 0. The van der Waals surface area contributed by atoms with E-state index in [-0.39, 0.29) is 0 Å². The lowest BCUT2D eigenvalue weighted by Crippen LogP contribution is -1.99. The van der Waals surface area contributed by atoms with E-state index < -0.39 is 0 Å². The maximum absolute atomic E-state index is 6.17. The Hall–Kier alpha value is -1.57. The number of halogens is 1. The van der Waals surface area contributed by atoms with Crippen molar-refractivity contribution in [1.29, 1.82) is 0 Å². The fourth-order valence-corrected chi connectivity index (χ4v) is 2.93. The van der Waals surface area contributed by atoms with Gasteiger partial charge in [0.2, 0.25) is 0 Å². The van der Waals surface area contributed by atoms with Crippen molar-refractivity contribution < 1.29 is 4.74 Å². The smallest absolute Gasteiger partial charge is 0.0689 e. The summed E-state index contributed by atoms with van der Waals surface area (Å²) < 4.78 is 5.64. The van der Waals surface area contributed by atoms with Crippen LogP contribution in [0.3, 0.4) is 0 Å². The Morgan fingerprint density at radius 2 is 1.90 bits per heavy atom. The van der Waals surface area contributed by atoms with Gasteiger partial charge in [-0.25, -0.2) is 0 Å². The van der Waals surface area contributed by atoms with Crippen LogP contribution in [0.2, 0.25) is 5.02 Å². The van der Waals surface area contributed by atoms with Gasteiger partial charge in [-0.05, 0) is 53.3 Å². The Kier molecular flexibility index (Phi) is 3.90. The molecule has 0 fully saturated rings. The Balaban J connectivity index is 2.10. The molecule has 0 N–H and O–H groups in total. The lowest BCUT2D eigenvalue weighted by atomic mass is 9.98. The monoisotopic (exact) mass is 284 g/mol. The first-order valence-electron chi connectivity index (χ1n) is 6.93. The number of benzene rings is 2. The maximum Gasteiger partial charge on any atom is 0.0689 e. The third-order valence-electron chi connectivity index (χ3n) is 3.64. The molecule has 2 aromatic carbocycles. The normalized spacial score (nSPS) is 13.7. The van der Waals surface area contributed by atoms with E-state index in [0.717, 1.165) is 18.1 Å².